The Bertz CT molecular complexity index is 762. The Morgan fingerprint density at radius 2 is 1.34 bits per heavy atom. The van der Waals surface area contributed by atoms with Gasteiger partial charge in [0.15, 0.2) is 0 Å². The summed E-state index contributed by atoms with van der Waals surface area (Å²) < 4.78 is 0. The Kier molecular flexibility index (Phi) is 17.6. The minimum atomic E-state index is -0.826. The molecule has 192 valence electrons. The average Bonchev–Trinajstić information content (AvgIpc) is 3.47. The Morgan fingerprint density at radius 3 is 1.94 bits per heavy atom. The van der Waals surface area contributed by atoms with Crippen LogP contribution >= 0.6 is 17.0 Å². The molecule has 5 unspecified atom stereocenters. The number of hydrogen-bond donors (Lipinski definition) is 0. The molecule has 2 fully saturated rings. The summed E-state index contributed by atoms with van der Waals surface area (Å²) >= 11 is -0.826. The van der Waals surface area contributed by atoms with Gasteiger partial charge < -0.3 is 14.9 Å². The van der Waals surface area contributed by atoms with E-state index in [4.69, 9.17) is 17.0 Å². The first-order valence-corrected chi connectivity index (χ1v) is 19.3. The fraction of sp³-hybridized carbons (Fsp3) is 0.500. The van der Waals surface area contributed by atoms with Crippen molar-refractivity contribution in [2.75, 3.05) is 0 Å². The van der Waals surface area contributed by atoms with Crippen LogP contribution in [-0.2, 0) is 27.3 Å². The van der Waals surface area contributed by atoms with Crippen LogP contribution in [0.3, 0.4) is 0 Å². The average molecular weight is 593 g/mol. The van der Waals surface area contributed by atoms with Crippen LogP contribution < -0.4 is 0 Å². The molecule has 0 bridgehead atoms. The van der Waals surface area contributed by atoms with Crippen LogP contribution in [0.1, 0.15) is 63.9 Å². The molecule has 5 atom stereocenters. The summed E-state index contributed by atoms with van der Waals surface area (Å²) in [6.45, 7) is 2.29. The number of hydrogen-bond acceptors (Lipinski definition) is 0. The van der Waals surface area contributed by atoms with Gasteiger partial charge in [0.25, 0.3) is 0 Å². The monoisotopic (exact) mass is 590 g/mol. The summed E-state index contributed by atoms with van der Waals surface area (Å²) in [5, 5.41) is 0. The number of benzene rings is 1. The molecule has 0 amide bonds. The van der Waals surface area contributed by atoms with E-state index in [1.165, 1.54) is 63.4 Å². The van der Waals surface area contributed by atoms with Crippen LogP contribution in [0.15, 0.2) is 78.9 Å². The van der Waals surface area contributed by atoms with E-state index in [-0.39, 0.29) is 14.9 Å². The Hall–Kier alpha value is -0.357. The van der Waals surface area contributed by atoms with Crippen molar-refractivity contribution in [3.05, 3.63) is 99.4 Å². The van der Waals surface area contributed by atoms with E-state index in [1.54, 1.807) is 0 Å². The number of aryl methyl sites for hydroxylation is 1. The van der Waals surface area contributed by atoms with Crippen LogP contribution in [0.25, 0.3) is 0 Å². The summed E-state index contributed by atoms with van der Waals surface area (Å²) in [6, 6.07) is 10.9. The molecule has 2 saturated carbocycles. The SMILES string of the molecule is C1=CC2CC(CCc3ccccc3)CC2C=C1.CCCCC1CCC2C=CC=CC21.[CH3-].[CH3-].[Cl][Zr+2][Cl]. The van der Waals surface area contributed by atoms with Crippen molar-refractivity contribution in [1.29, 1.82) is 0 Å². The molecule has 0 nitrogen and oxygen atoms in total. The Morgan fingerprint density at radius 1 is 0.771 bits per heavy atom. The zero-order valence-corrected chi connectivity index (χ0v) is 26.1. The standard InChI is InChI=1S/C17H20.C13H20.2CH3.2ClH.Zr/c1-2-6-14(7-3-1)10-11-15-12-16-8-4-5-9-17(16)13-15;1-2-3-6-11-9-10-12-7-4-5-8-13(11)12;;;;;/h1-9,15-17H,10-13H2;4-5,7-8,11-13H,2-3,6,9-10H2,1H3;2*1H3;2*1H;/q;;2*-1;;;+4/p-2. The third kappa shape index (κ3) is 10.9. The van der Waals surface area contributed by atoms with Crippen LogP contribution in [0.2, 0.25) is 0 Å². The second kappa shape index (κ2) is 18.8. The summed E-state index contributed by atoms with van der Waals surface area (Å²) in [5.41, 5.74) is 1.49. The number of fused-ring (bicyclic) bond motifs is 2. The predicted molar refractivity (Wildman–Crippen MR) is 155 cm³/mol. The van der Waals surface area contributed by atoms with E-state index in [9.17, 15) is 0 Å². The maximum atomic E-state index is 4.93. The van der Waals surface area contributed by atoms with Gasteiger partial charge in [0.1, 0.15) is 0 Å². The molecule has 0 heterocycles. The van der Waals surface area contributed by atoms with Crippen LogP contribution in [0.4, 0.5) is 0 Å². The van der Waals surface area contributed by atoms with E-state index in [1.807, 2.05) is 0 Å². The van der Waals surface area contributed by atoms with Crippen molar-refractivity contribution in [2.24, 2.45) is 35.5 Å². The van der Waals surface area contributed by atoms with E-state index < -0.39 is 20.8 Å². The molecule has 0 aromatic heterocycles. The number of halogens is 2. The van der Waals surface area contributed by atoms with Crippen molar-refractivity contribution >= 4 is 17.0 Å². The van der Waals surface area contributed by atoms with Crippen molar-refractivity contribution in [3.8, 4) is 0 Å². The van der Waals surface area contributed by atoms with E-state index in [0.717, 1.165) is 35.5 Å². The zero-order chi connectivity index (χ0) is 23.3. The molecule has 35 heavy (non-hydrogen) atoms. The van der Waals surface area contributed by atoms with Gasteiger partial charge in [-0.1, -0.05) is 98.7 Å². The van der Waals surface area contributed by atoms with Gasteiger partial charge in [-0.15, -0.1) is 0 Å². The quantitative estimate of drug-likeness (QED) is 0.288. The maximum absolute atomic E-state index is 4.93. The number of unbranched alkanes of at least 4 members (excludes halogenated alkanes) is 1. The second-order valence-electron chi connectivity index (χ2n) is 10.0. The number of rotatable bonds is 6. The zero-order valence-electron chi connectivity index (χ0n) is 22.1. The molecular weight excluding hydrogens is 546 g/mol. The van der Waals surface area contributed by atoms with Gasteiger partial charge in [0.05, 0.1) is 0 Å². The topological polar surface area (TPSA) is 0 Å². The first-order chi connectivity index (χ1) is 16.2. The van der Waals surface area contributed by atoms with Crippen LogP contribution in [-0.4, -0.2) is 0 Å². The van der Waals surface area contributed by atoms with E-state index in [2.05, 4.69) is 85.9 Å². The van der Waals surface area contributed by atoms with Crippen molar-refractivity contribution in [3.63, 3.8) is 0 Å². The van der Waals surface area contributed by atoms with Crippen molar-refractivity contribution in [2.45, 2.75) is 64.7 Å². The molecule has 0 radical (unpaired) electrons. The Balaban J connectivity index is 0.000000307. The van der Waals surface area contributed by atoms with Crippen molar-refractivity contribution < 1.29 is 20.8 Å². The summed E-state index contributed by atoms with van der Waals surface area (Å²) in [7, 11) is 9.87. The summed E-state index contributed by atoms with van der Waals surface area (Å²) in [6.07, 6.45) is 31.1. The number of allylic oxidation sites excluding steroid dienone is 8. The van der Waals surface area contributed by atoms with E-state index in [0.29, 0.717) is 0 Å². The summed E-state index contributed by atoms with van der Waals surface area (Å²) in [5.74, 6) is 5.36. The molecule has 0 aliphatic heterocycles. The first kappa shape index (κ1) is 32.7. The fourth-order valence-corrected chi connectivity index (χ4v) is 6.19. The van der Waals surface area contributed by atoms with Gasteiger partial charge in [-0.25, -0.2) is 0 Å². The predicted octanol–water partition coefficient (Wildman–Crippen LogP) is 10.6. The fourth-order valence-electron chi connectivity index (χ4n) is 6.19. The second-order valence-corrected chi connectivity index (χ2v) is 13.8. The van der Waals surface area contributed by atoms with Gasteiger partial charge in [0.2, 0.25) is 0 Å². The molecule has 0 spiro atoms. The molecule has 1 aromatic rings. The molecular formula is C32H46Cl2Zr. The van der Waals surface area contributed by atoms with Crippen LogP contribution in [0, 0.1) is 50.4 Å². The summed E-state index contributed by atoms with van der Waals surface area (Å²) in [4.78, 5) is 0. The molecule has 3 heteroatoms. The molecule has 5 rings (SSSR count). The molecule has 0 N–H and O–H groups in total. The van der Waals surface area contributed by atoms with Gasteiger partial charge in [-0.2, -0.15) is 0 Å². The van der Waals surface area contributed by atoms with Gasteiger partial charge in [-0.05, 0) is 86.0 Å². The first-order valence-electron chi connectivity index (χ1n) is 12.9. The van der Waals surface area contributed by atoms with Gasteiger partial charge >= 0.3 is 37.9 Å². The molecule has 4 aliphatic carbocycles. The van der Waals surface area contributed by atoms with Gasteiger partial charge in [-0.3, -0.25) is 0 Å². The molecule has 0 saturated heterocycles. The molecule has 1 aromatic carbocycles. The third-order valence-electron chi connectivity index (χ3n) is 7.91. The van der Waals surface area contributed by atoms with Crippen molar-refractivity contribution in [1.82, 2.24) is 0 Å². The van der Waals surface area contributed by atoms with Gasteiger partial charge in [0, 0.05) is 0 Å². The van der Waals surface area contributed by atoms with E-state index >= 15 is 0 Å². The third-order valence-corrected chi connectivity index (χ3v) is 7.91. The van der Waals surface area contributed by atoms with Crippen LogP contribution in [0.5, 0.6) is 0 Å². The normalized spacial score (nSPS) is 28.7. The minimum absolute atomic E-state index is 0. The Labute approximate surface area is 236 Å². The molecule has 4 aliphatic rings.